The van der Waals surface area contributed by atoms with E-state index in [0.29, 0.717) is 30.8 Å². The molecule has 1 aromatic rings. The number of rotatable bonds is 2. The van der Waals surface area contributed by atoms with Crippen molar-refractivity contribution in [2.24, 2.45) is 5.92 Å². The molecule has 1 unspecified atom stereocenters. The van der Waals surface area contributed by atoms with Gasteiger partial charge < -0.3 is 23.7 Å². The lowest BCUT2D eigenvalue weighted by Crippen LogP contribution is -2.45. The summed E-state index contributed by atoms with van der Waals surface area (Å²) in [6.45, 7) is 14.9. The maximum Gasteiger partial charge on any atom is 0.494 e. The van der Waals surface area contributed by atoms with Gasteiger partial charge in [0.15, 0.2) is 5.78 Å². The molecule has 1 aromatic carbocycles. The minimum Gasteiger partial charge on any atom is -0.489 e. The molecule has 180 valence electrons. The van der Waals surface area contributed by atoms with Gasteiger partial charge in [-0.25, -0.2) is 4.79 Å². The number of nitrogens with zero attached hydrogens (tertiary/aromatic N) is 1. The van der Waals surface area contributed by atoms with Crippen LogP contribution in [-0.4, -0.2) is 59.9 Å². The molecule has 0 radical (unpaired) electrons. The molecule has 1 atom stereocenters. The number of piperidine rings is 1. The van der Waals surface area contributed by atoms with Crippen molar-refractivity contribution in [2.45, 2.75) is 90.6 Å². The summed E-state index contributed by atoms with van der Waals surface area (Å²) in [5.41, 5.74) is 0.0361. The highest BCUT2D eigenvalue weighted by atomic mass is 16.7. The molecule has 3 aliphatic rings. The predicted octanol–water partition coefficient (Wildman–Crippen LogP) is 3.97. The summed E-state index contributed by atoms with van der Waals surface area (Å²) in [6.07, 6.45) is 1.48. The first-order valence-electron chi connectivity index (χ1n) is 11.9. The van der Waals surface area contributed by atoms with Gasteiger partial charge in [-0.1, -0.05) is 6.07 Å². The van der Waals surface area contributed by atoms with E-state index in [1.54, 1.807) is 4.90 Å². The van der Waals surface area contributed by atoms with E-state index in [-0.39, 0.29) is 23.9 Å². The summed E-state index contributed by atoms with van der Waals surface area (Å²) >= 11 is 0. The fourth-order valence-electron chi connectivity index (χ4n) is 4.53. The topological polar surface area (TPSA) is 74.3 Å². The van der Waals surface area contributed by atoms with Crippen molar-refractivity contribution in [3.05, 3.63) is 23.8 Å². The summed E-state index contributed by atoms with van der Waals surface area (Å²) in [6, 6.07) is 5.62. The fraction of sp³-hybridized carbons (Fsp3) is 0.680. The Bertz CT molecular complexity index is 913. The quantitative estimate of drug-likeness (QED) is 0.626. The van der Waals surface area contributed by atoms with Gasteiger partial charge in [0.2, 0.25) is 0 Å². The van der Waals surface area contributed by atoms with E-state index in [4.69, 9.17) is 18.8 Å². The molecule has 8 heteroatoms. The number of likely N-dealkylation sites (tertiary alicyclic amines) is 1. The van der Waals surface area contributed by atoms with Crippen LogP contribution < -0.4 is 10.2 Å². The van der Waals surface area contributed by atoms with Gasteiger partial charge in [0.25, 0.3) is 0 Å². The zero-order valence-corrected chi connectivity index (χ0v) is 20.9. The smallest absolute Gasteiger partial charge is 0.489 e. The van der Waals surface area contributed by atoms with Gasteiger partial charge in [-0.3, -0.25) is 4.79 Å². The Morgan fingerprint density at radius 2 is 1.70 bits per heavy atom. The summed E-state index contributed by atoms with van der Waals surface area (Å²) in [7, 11) is -0.511. The summed E-state index contributed by atoms with van der Waals surface area (Å²) in [5, 5.41) is 0. The minimum atomic E-state index is -0.511. The van der Waals surface area contributed by atoms with E-state index in [0.717, 1.165) is 18.3 Å². The first-order chi connectivity index (χ1) is 15.3. The number of benzene rings is 1. The van der Waals surface area contributed by atoms with Crippen LogP contribution in [-0.2, 0) is 14.0 Å². The zero-order chi connectivity index (χ0) is 24.2. The standard InChI is InChI=1S/C25H36BNO6/c1-23(2,3)31-22(29)27-12-10-16(11-13-27)21-15-19(28)18-14-17(8-9-20(18)30-21)26-32-24(4,5)25(6,7)33-26/h8-9,14,16,21H,10-13,15H2,1-7H3. The van der Waals surface area contributed by atoms with Crippen LogP contribution in [0.4, 0.5) is 4.79 Å². The number of hydrogen-bond donors (Lipinski definition) is 0. The highest BCUT2D eigenvalue weighted by Gasteiger charge is 2.52. The van der Waals surface area contributed by atoms with Gasteiger partial charge in [0.1, 0.15) is 17.5 Å². The lowest BCUT2D eigenvalue weighted by Gasteiger charge is -2.38. The number of fused-ring (bicyclic) bond motifs is 1. The third-order valence-corrected chi connectivity index (χ3v) is 7.21. The summed E-state index contributed by atoms with van der Waals surface area (Å²) in [5.74, 6) is 0.920. The van der Waals surface area contributed by atoms with Gasteiger partial charge in [0.05, 0.1) is 16.8 Å². The van der Waals surface area contributed by atoms with Crippen molar-refractivity contribution < 1.29 is 28.4 Å². The van der Waals surface area contributed by atoms with Crippen LogP contribution in [0.15, 0.2) is 18.2 Å². The van der Waals surface area contributed by atoms with Gasteiger partial charge in [-0.05, 0) is 84.8 Å². The van der Waals surface area contributed by atoms with Crippen LogP contribution in [0.25, 0.3) is 0 Å². The fourth-order valence-corrected chi connectivity index (χ4v) is 4.53. The molecule has 0 spiro atoms. The molecule has 1 amide bonds. The van der Waals surface area contributed by atoms with Crippen molar-refractivity contribution in [3.8, 4) is 5.75 Å². The molecular weight excluding hydrogens is 421 g/mol. The van der Waals surface area contributed by atoms with E-state index in [9.17, 15) is 9.59 Å². The van der Waals surface area contributed by atoms with Crippen molar-refractivity contribution in [1.82, 2.24) is 4.90 Å². The van der Waals surface area contributed by atoms with E-state index in [1.807, 2.05) is 66.7 Å². The van der Waals surface area contributed by atoms with E-state index < -0.39 is 23.9 Å². The molecule has 0 bridgehead atoms. The average molecular weight is 457 g/mol. The zero-order valence-electron chi connectivity index (χ0n) is 20.9. The maximum atomic E-state index is 13.0. The number of carbonyl (C=O) groups is 2. The van der Waals surface area contributed by atoms with Gasteiger partial charge >= 0.3 is 13.2 Å². The molecule has 3 heterocycles. The average Bonchev–Trinajstić information content (AvgIpc) is 2.93. The van der Waals surface area contributed by atoms with Gasteiger partial charge in [-0.15, -0.1) is 0 Å². The van der Waals surface area contributed by atoms with Crippen LogP contribution in [0.3, 0.4) is 0 Å². The van der Waals surface area contributed by atoms with Crippen LogP contribution in [0.2, 0.25) is 0 Å². The SMILES string of the molecule is CC(C)(C)OC(=O)N1CCC(C2CC(=O)c3cc(B4OC(C)(C)C(C)(C)O4)ccc3O2)CC1. The second-order valence-electron chi connectivity index (χ2n) is 11.4. The Labute approximate surface area is 197 Å². The van der Waals surface area contributed by atoms with Crippen LogP contribution in [0, 0.1) is 5.92 Å². The van der Waals surface area contributed by atoms with E-state index >= 15 is 0 Å². The molecule has 0 aliphatic carbocycles. The van der Waals surface area contributed by atoms with Crippen LogP contribution in [0.5, 0.6) is 5.75 Å². The first-order valence-corrected chi connectivity index (χ1v) is 11.9. The largest absolute Gasteiger partial charge is 0.494 e. The molecule has 7 nitrogen and oxygen atoms in total. The first kappa shape index (κ1) is 24.1. The van der Waals surface area contributed by atoms with E-state index in [1.165, 1.54) is 0 Å². The van der Waals surface area contributed by atoms with Crippen LogP contribution in [0.1, 0.15) is 78.1 Å². The monoisotopic (exact) mass is 457 g/mol. The predicted molar refractivity (Wildman–Crippen MR) is 126 cm³/mol. The highest BCUT2D eigenvalue weighted by molar-refractivity contribution is 6.62. The Hall–Kier alpha value is -2.06. The van der Waals surface area contributed by atoms with Crippen molar-refractivity contribution in [2.75, 3.05) is 13.1 Å². The lowest BCUT2D eigenvalue weighted by molar-refractivity contribution is 0.00578. The maximum absolute atomic E-state index is 13.0. The van der Waals surface area contributed by atoms with Crippen LogP contribution >= 0.6 is 0 Å². The molecule has 33 heavy (non-hydrogen) atoms. The number of ether oxygens (including phenoxy) is 2. The summed E-state index contributed by atoms with van der Waals surface area (Å²) in [4.78, 5) is 27.1. The number of carbonyl (C=O) groups excluding carboxylic acids is 2. The second-order valence-corrected chi connectivity index (χ2v) is 11.4. The van der Waals surface area contributed by atoms with Crippen molar-refractivity contribution >= 4 is 24.5 Å². The molecule has 0 saturated carbocycles. The molecular formula is C25H36BNO6. The van der Waals surface area contributed by atoms with Crippen molar-refractivity contribution in [3.63, 3.8) is 0 Å². The molecule has 2 fully saturated rings. The highest BCUT2D eigenvalue weighted by Crippen LogP contribution is 2.38. The van der Waals surface area contributed by atoms with Gasteiger partial charge in [-0.2, -0.15) is 0 Å². The Kier molecular flexibility index (Phi) is 6.06. The third kappa shape index (κ3) is 4.92. The van der Waals surface area contributed by atoms with Gasteiger partial charge in [0, 0.05) is 19.5 Å². The number of ketones is 1. The second kappa shape index (κ2) is 8.31. The summed E-state index contributed by atoms with van der Waals surface area (Å²) < 4.78 is 24.0. The number of amides is 1. The van der Waals surface area contributed by atoms with E-state index in [2.05, 4.69) is 0 Å². The Morgan fingerprint density at radius 3 is 2.27 bits per heavy atom. The lowest BCUT2D eigenvalue weighted by atomic mass is 9.77. The Morgan fingerprint density at radius 1 is 1.09 bits per heavy atom. The normalized spacial score (nSPS) is 24.9. The third-order valence-electron chi connectivity index (χ3n) is 7.21. The molecule has 0 N–H and O–H groups in total. The molecule has 2 saturated heterocycles. The minimum absolute atomic E-state index is 0.0780. The molecule has 3 aliphatic heterocycles. The number of hydrogen-bond acceptors (Lipinski definition) is 6. The Balaban J connectivity index is 1.40. The molecule has 4 rings (SSSR count). The number of Topliss-reactive ketones (excluding diaryl/α,β-unsaturated/α-hetero) is 1. The molecule has 0 aromatic heterocycles. The van der Waals surface area contributed by atoms with Crippen molar-refractivity contribution in [1.29, 1.82) is 0 Å².